The van der Waals surface area contributed by atoms with Crippen molar-refractivity contribution >= 4 is 22.7 Å². The van der Waals surface area contributed by atoms with Gasteiger partial charge in [0.25, 0.3) is 0 Å². The van der Waals surface area contributed by atoms with Crippen LogP contribution in [0.3, 0.4) is 0 Å². The molecule has 0 aliphatic carbocycles. The van der Waals surface area contributed by atoms with Crippen molar-refractivity contribution in [3.63, 3.8) is 0 Å². The Morgan fingerprint density at radius 2 is 1.81 bits per heavy atom. The van der Waals surface area contributed by atoms with Gasteiger partial charge in [0.05, 0.1) is 30.4 Å². The van der Waals surface area contributed by atoms with E-state index in [2.05, 4.69) is 0 Å². The SMILES string of the molecule is O=C(O)Cc1ccc(S(=O)CC(=O)N2CCOCC2)cc1. The zero-order valence-corrected chi connectivity index (χ0v) is 12.3. The van der Waals surface area contributed by atoms with Crippen LogP contribution in [0.15, 0.2) is 29.2 Å². The molecule has 0 radical (unpaired) electrons. The third kappa shape index (κ3) is 4.64. The van der Waals surface area contributed by atoms with Gasteiger partial charge in [-0.05, 0) is 17.7 Å². The van der Waals surface area contributed by atoms with Gasteiger partial charge in [0.1, 0.15) is 5.75 Å². The summed E-state index contributed by atoms with van der Waals surface area (Å²) >= 11 is 0. The van der Waals surface area contributed by atoms with Crippen molar-refractivity contribution in [1.82, 2.24) is 4.90 Å². The van der Waals surface area contributed by atoms with Crippen molar-refractivity contribution < 1.29 is 23.6 Å². The highest BCUT2D eigenvalue weighted by Crippen LogP contribution is 2.11. The molecule has 0 aromatic heterocycles. The van der Waals surface area contributed by atoms with Crippen molar-refractivity contribution in [2.75, 3.05) is 32.1 Å². The van der Waals surface area contributed by atoms with E-state index in [9.17, 15) is 13.8 Å². The molecule has 6 nitrogen and oxygen atoms in total. The number of carbonyl (C=O) groups is 2. The molecule has 1 saturated heterocycles. The first-order valence-electron chi connectivity index (χ1n) is 6.61. The number of morpholine rings is 1. The summed E-state index contributed by atoms with van der Waals surface area (Å²) in [5.41, 5.74) is 0.641. The first-order chi connectivity index (χ1) is 10.1. The monoisotopic (exact) mass is 311 g/mol. The number of nitrogens with zero attached hydrogens (tertiary/aromatic N) is 1. The Morgan fingerprint density at radius 1 is 1.19 bits per heavy atom. The van der Waals surface area contributed by atoms with E-state index >= 15 is 0 Å². The third-order valence-electron chi connectivity index (χ3n) is 3.16. The van der Waals surface area contributed by atoms with Crippen LogP contribution in [0.4, 0.5) is 0 Å². The van der Waals surface area contributed by atoms with Gasteiger partial charge in [-0.2, -0.15) is 0 Å². The van der Waals surface area contributed by atoms with Crippen molar-refractivity contribution in [3.05, 3.63) is 29.8 Å². The van der Waals surface area contributed by atoms with Gasteiger partial charge in [-0.1, -0.05) is 12.1 Å². The molecular weight excluding hydrogens is 294 g/mol. The van der Waals surface area contributed by atoms with E-state index in [0.29, 0.717) is 36.8 Å². The summed E-state index contributed by atoms with van der Waals surface area (Å²) in [5, 5.41) is 8.69. The standard InChI is InChI=1S/C14H17NO5S/c16-13(15-5-7-20-8-6-15)10-21(19)12-3-1-11(2-4-12)9-14(17)18/h1-4H,5-10H2,(H,17,18). The minimum Gasteiger partial charge on any atom is -0.481 e. The van der Waals surface area contributed by atoms with Crippen LogP contribution in [-0.4, -0.2) is 58.1 Å². The maximum atomic E-state index is 12.1. The van der Waals surface area contributed by atoms with Crippen molar-refractivity contribution in [3.8, 4) is 0 Å². The van der Waals surface area contributed by atoms with E-state index in [1.165, 1.54) is 0 Å². The number of hydrogen-bond acceptors (Lipinski definition) is 4. The molecule has 7 heteroatoms. The van der Waals surface area contributed by atoms with Crippen molar-refractivity contribution in [1.29, 1.82) is 0 Å². The highest BCUT2D eigenvalue weighted by molar-refractivity contribution is 7.85. The van der Waals surface area contributed by atoms with Crippen LogP contribution in [0.5, 0.6) is 0 Å². The number of hydrogen-bond donors (Lipinski definition) is 1. The van der Waals surface area contributed by atoms with Gasteiger partial charge >= 0.3 is 5.97 Å². The molecule has 1 unspecified atom stereocenters. The summed E-state index contributed by atoms with van der Waals surface area (Å²) in [4.78, 5) is 24.8. The Hall–Kier alpha value is -1.73. The molecule has 2 rings (SSSR count). The van der Waals surface area contributed by atoms with Crippen molar-refractivity contribution in [2.24, 2.45) is 0 Å². The number of aliphatic carboxylic acids is 1. The number of benzene rings is 1. The second-order valence-electron chi connectivity index (χ2n) is 4.70. The molecular formula is C14H17NO5S. The van der Waals surface area contributed by atoms with Crippen LogP contribution >= 0.6 is 0 Å². The lowest BCUT2D eigenvalue weighted by Crippen LogP contribution is -2.42. The number of carbonyl (C=O) groups excluding carboxylic acids is 1. The Bertz CT molecular complexity index is 537. The molecule has 1 aliphatic rings. The van der Waals surface area contributed by atoms with Crippen LogP contribution in [-0.2, 0) is 31.5 Å². The molecule has 1 fully saturated rings. The van der Waals surface area contributed by atoms with E-state index in [0.717, 1.165) is 0 Å². The van der Waals surface area contributed by atoms with Gasteiger partial charge in [-0.3, -0.25) is 13.8 Å². The van der Waals surface area contributed by atoms with Gasteiger partial charge in [-0.15, -0.1) is 0 Å². The van der Waals surface area contributed by atoms with E-state index in [1.807, 2.05) is 0 Å². The van der Waals surface area contributed by atoms with Gasteiger partial charge in [0.15, 0.2) is 0 Å². The third-order valence-corrected chi connectivity index (χ3v) is 4.47. The molecule has 1 aliphatic heterocycles. The maximum Gasteiger partial charge on any atom is 0.307 e. The molecule has 0 saturated carbocycles. The maximum absolute atomic E-state index is 12.1. The molecule has 1 aromatic carbocycles. The van der Waals surface area contributed by atoms with Crippen LogP contribution in [0.2, 0.25) is 0 Å². The Morgan fingerprint density at radius 3 is 2.38 bits per heavy atom. The highest BCUT2D eigenvalue weighted by Gasteiger charge is 2.19. The molecule has 1 amide bonds. The summed E-state index contributed by atoms with van der Waals surface area (Å²) < 4.78 is 17.3. The molecule has 1 aromatic rings. The molecule has 0 bridgehead atoms. The summed E-state index contributed by atoms with van der Waals surface area (Å²) in [6.07, 6.45) is -0.0698. The lowest BCUT2D eigenvalue weighted by Gasteiger charge is -2.26. The topological polar surface area (TPSA) is 83.9 Å². The lowest BCUT2D eigenvalue weighted by molar-refractivity contribution is -0.136. The average Bonchev–Trinajstić information content (AvgIpc) is 2.48. The molecule has 1 heterocycles. The van der Waals surface area contributed by atoms with E-state index < -0.39 is 16.8 Å². The van der Waals surface area contributed by atoms with Gasteiger partial charge in [0, 0.05) is 18.0 Å². The largest absolute Gasteiger partial charge is 0.481 e. The smallest absolute Gasteiger partial charge is 0.307 e. The molecule has 1 N–H and O–H groups in total. The molecule has 114 valence electrons. The minimum atomic E-state index is -1.42. The van der Waals surface area contributed by atoms with Crippen LogP contribution in [0, 0.1) is 0 Å². The van der Waals surface area contributed by atoms with Crippen LogP contribution in [0.1, 0.15) is 5.56 Å². The number of amides is 1. The van der Waals surface area contributed by atoms with Gasteiger partial charge in [-0.25, -0.2) is 0 Å². The Kier molecular flexibility index (Phi) is 5.46. The minimum absolute atomic E-state index is 0.0573. The van der Waals surface area contributed by atoms with Crippen molar-refractivity contribution in [2.45, 2.75) is 11.3 Å². The fraction of sp³-hybridized carbons (Fsp3) is 0.429. The fourth-order valence-corrected chi connectivity index (χ4v) is 3.05. The lowest BCUT2D eigenvalue weighted by atomic mass is 10.2. The van der Waals surface area contributed by atoms with E-state index in [4.69, 9.17) is 9.84 Å². The molecule has 21 heavy (non-hydrogen) atoms. The van der Waals surface area contributed by atoms with Gasteiger partial charge in [0.2, 0.25) is 5.91 Å². The second-order valence-corrected chi connectivity index (χ2v) is 6.15. The summed E-state index contributed by atoms with van der Waals surface area (Å²) in [7, 11) is -1.42. The van der Waals surface area contributed by atoms with Crippen LogP contribution in [0.25, 0.3) is 0 Å². The zero-order chi connectivity index (χ0) is 15.2. The predicted octanol–water partition coefficient (Wildman–Crippen LogP) is 0.280. The second kappa shape index (κ2) is 7.33. The van der Waals surface area contributed by atoms with E-state index in [1.54, 1.807) is 29.2 Å². The quantitative estimate of drug-likeness (QED) is 0.844. The van der Waals surface area contributed by atoms with Crippen LogP contribution < -0.4 is 0 Å². The fourth-order valence-electron chi connectivity index (χ4n) is 2.03. The highest BCUT2D eigenvalue weighted by atomic mass is 32.2. The first-order valence-corrected chi connectivity index (χ1v) is 7.93. The average molecular weight is 311 g/mol. The molecule has 1 atom stereocenters. The number of carboxylic acids is 1. The number of rotatable bonds is 5. The van der Waals surface area contributed by atoms with E-state index in [-0.39, 0.29) is 18.1 Å². The Balaban J connectivity index is 1.93. The predicted molar refractivity (Wildman–Crippen MR) is 76.5 cm³/mol. The Labute approximate surface area is 125 Å². The normalized spacial score (nSPS) is 16.5. The number of ether oxygens (including phenoxy) is 1. The number of carboxylic acid groups (broad SMARTS) is 1. The summed E-state index contributed by atoms with van der Waals surface area (Å²) in [6.45, 7) is 2.10. The summed E-state index contributed by atoms with van der Waals surface area (Å²) in [6, 6.07) is 6.48. The molecule has 0 spiro atoms. The first kappa shape index (κ1) is 15.7. The van der Waals surface area contributed by atoms with Gasteiger partial charge < -0.3 is 14.7 Å². The zero-order valence-electron chi connectivity index (χ0n) is 11.5. The summed E-state index contributed by atoms with van der Waals surface area (Å²) in [5.74, 6) is -1.12.